The zero-order chi connectivity index (χ0) is 19.7. The lowest BCUT2D eigenvalue weighted by Crippen LogP contribution is -2.13. The molecule has 0 fully saturated rings. The average Bonchev–Trinajstić information content (AvgIpc) is 3.06. The summed E-state index contributed by atoms with van der Waals surface area (Å²) in [5.41, 5.74) is 3.58. The van der Waals surface area contributed by atoms with E-state index < -0.39 is 4.92 Å². The minimum atomic E-state index is -0.400. The smallest absolute Gasteiger partial charge is 0.270 e. The fourth-order valence-corrected chi connectivity index (χ4v) is 4.10. The highest BCUT2D eigenvalue weighted by Crippen LogP contribution is 2.36. The summed E-state index contributed by atoms with van der Waals surface area (Å²) in [6.07, 6.45) is 0. The number of hydrogen-bond acceptors (Lipinski definition) is 7. The number of aryl methyl sites for hydroxylation is 2. The number of aromatic nitrogens is 3. The largest absolute Gasteiger partial charge is 0.467 e. The van der Waals surface area contributed by atoms with Gasteiger partial charge in [0.05, 0.1) is 11.5 Å². The molecular formula is C19H18N4O4S. The normalized spacial score (nSPS) is 13.1. The van der Waals surface area contributed by atoms with Crippen LogP contribution in [0.4, 0.5) is 5.69 Å². The van der Waals surface area contributed by atoms with Crippen LogP contribution in [0.2, 0.25) is 0 Å². The lowest BCUT2D eigenvalue weighted by Gasteiger charge is -2.20. The Kier molecular flexibility index (Phi) is 5.01. The molecule has 1 aromatic heterocycles. The Morgan fingerprint density at radius 1 is 1.25 bits per heavy atom. The average molecular weight is 398 g/mol. The van der Waals surface area contributed by atoms with E-state index in [9.17, 15) is 10.1 Å². The Morgan fingerprint density at radius 3 is 2.89 bits per heavy atom. The predicted molar refractivity (Wildman–Crippen MR) is 104 cm³/mol. The summed E-state index contributed by atoms with van der Waals surface area (Å²) >= 11 is 1.46. The zero-order valence-corrected chi connectivity index (χ0v) is 16.2. The van der Waals surface area contributed by atoms with Crippen molar-refractivity contribution in [2.24, 2.45) is 0 Å². The number of thioether (sulfide) groups is 1. The number of nitro groups is 1. The van der Waals surface area contributed by atoms with Crippen molar-refractivity contribution in [1.29, 1.82) is 0 Å². The number of non-ortho nitro benzene ring substituents is 1. The third-order valence-electron chi connectivity index (χ3n) is 4.39. The summed E-state index contributed by atoms with van der Waals surface area (Å²) < 4.78 is 12.9. The molecule has 0 radical (unpaired) electrons. The van der Waals surface area contributed by atoms with Crippen LogP contribution in [0.3, 0.4) is 0 Å². The van der Waals surface area contributed by atoms with Crippen LogP contribution in [0.25, 0.3) is 5.69 Å². The van der Waals surface area contributed by atoms with Gasteiger partial charge in [0.15, 0.2) is 11.9 Å². The van der Waals surface area contributed by atoms with Crippen molar-refractivity contribution in [3.8, 4) is 11.4 Å². The summed E-state index contributed by atoms with van der Waals surface area (Å²) in [6.45, 7) is 4.37. The molecule has 2 aromatic carbocycles. The van der Waals surface area contributed by atoms with Crippen molar-refractivity contribution in [3.05, 3.63) is 69.0 Å². The third kappa shape index (κ3) is 3.58. The molecule has 0 amide bonds. The van der Waals surface area contributed by atoms with Crippen molar-refractivity contribution < 1.29 is 14.4 Å². The lowest BCUT2D eigenvalue weighted by atomic mass is 10.1. The van der Waals surface area contributed by atoms with Gasteiger partial charge in [-0.05, 0) is 31.5 Å². The second-order valence-electron chi connectivity index (χ2n) is 6.45. The van der Waals surface area contributed by atoms with Crippen LogP contribution < -0.4 is 4.74 Å². The van der Waals surface area contributed by atoms with E-state index in [0.29, 0.717) is 23.7 Å². The monoisotopic (exact) mass is 398 g/mol. The number of nitro benzene ring substituents is 1. The van der Waals surface area contributed by atoms with Gasteiger partial charge in [-0.15, -0.1) is 10.2 Å². The van der Waals surface area contributed by atoms with Gasteiger partial charge in [0, 0.05) is 34.7 Å². The Balaban J connectivity index is 1.66. The van der Waals surface area contributed by atoms with Crippen molar-refractivity contribution in [2.75, 3.05) is 6.79 Å². The number of hydrogen-bond donors (Lipinski definition) is 0. The van der Waals surface area contributed by atoms with Crippen molar-refractivity contribution in [3.63, 3.8) is 0 Å². The number of nitrogens with zero attached hydrogens (tertiary/aromatic N) is 4. The van der Waals surface area contributed by atoms with Crippen LogP contribution in [0, 0.1) is 24.0 Å². The van der Waals surface area contributed by atoms with Gasteiger partial charge >= 0.3 is 0 Å². The van der Waals surface area contributed by atoms with Gasteiger partial charge in [0.2, 0.25) is 0 Å². The highest BCUT2D eigenvalue weighted by Gasteiger charge is 2.22. The summed E-state index contributed by atoms with van der Waals surface area (Å²) in [7, 11) is 0. The van der Waals surface area contributed by atoms with E-state index in [1.165, 1.54) is 17.8 Å². The van der Waals surface area contributed by atoms with E-state index in [1.807, 2.05) is 36.6 Å². The molecule has 9 heteroatoms. The molecule has 0 atom stereocenters. The SMILES string of the molecule is Cc1cccc(-n2c(C)nnc2SCc2cc([N+](=O)[O-])cc3c2OCOC3)c1. The fourth-order valence-electron chi connectivity index (χ4n) is 3.14. The molecule has 28 heavy (non-hydrogen) atoms. The zero-order valence-electron chi connectivity index (χ0n) is 15.4. The van der Waals surface area contributed by atoms with Crippen LogP contribution in [0.1, 0.15) is 22.5 Å². The van der Waals surface area contributed by atoms with E-state index >= 15 is 0 Å². The van der Waals surface area contributed by atoms with Gasteiger partial charge < -0.3 is 9.47 Å². The van der Waals surface area contributed by atoms with E-state index in [1.54, 1.807) is 6.07 Å². The van der Waals surface area contributed by atoms with Gasteiger partial charge in [-0.2, -0.15) is 0 Å². The van der Waals surface area contributed by atoms with Crippen LogP contribution in [-0.2, 0) is 17.1 Å². The molecule has 1 aliphatic heterocycles. The van der Waals surface area contributed by atoms with Crippen LogP contribution >= 0.6 is 11.8 Å². The Hall–Kier alpha value is -2.91. The molecule has 8 nitrogen and oxygen atoms in total. The first kappa shape index (κ1) is 18.5. The molecule has 144 valence electrons. The second kappa shape index (κ2) is 7.61. The van der Waals surface area contributed by atoms with Crippen molar-refractivity contribution in [1.82, 2.24) is 14.8 Å². The predicted octanol–water partition coefficient (Wildman–Crippen LogP) is 3.95. The molecule has 0 aliphatic carbocycles. The molecule has 2 heterocycles. The molecular weight excluding hydrogens is 380 g/mol. The number of fused-ring (bicyclic) bond motifs is 1. The Bertz CT molecular complexity index is 1050. The Labute approximate surface area is 165 Å². The second-order valence-corrected chi connectivity index (χ2v) is 7.40. The molecule has 0 saturated heterocycles. The van der Waals surface area contributed by atoms with Gasteiger partial charge in [-0.25, -0.2) is 0 Å². The van der Waals surface area contributed by atoms with Gasteiger partial charge in [0.25, 0.3) is 5.69 Å². The maximum Gasteiger partial charge on any atom is 0.270 e. The molecule has 1 aliphatic rings. The minimum Gasteiger partial charge on any atom is -0.467 e. The van der Waals surface area contributed by atoms with Crippen molar-refractivity contribution in [2.45, 2.75) is 31.4 Å². The molecule has 0 spiro atoms. The summed E-state index contributed by atoms with van der Waals surface area (Å²) in [6, 6.07) is 11.1. The van der Waals surface area contributed by atoms with E-state index in [0.717, 1.165) is 27.8 Å². The van der Waals surface area contributed by atoms with Crippen molar-refractivity contribution >= 4 is 17.4 Å². The summed E-state index contributed by atoms with van der Waals surface area (Å²) in [4.78, 5) is 10.9. The molecule has 0 bridgehead atoms. The summed E-state index contributed by atoms with van der Waals surface area (Å²) in [5.74, 6) is 1.90. The summed E-state index contributed by atoms with van der Waals surface area (Å²) in [5, 5.41) is 20.5. The maximum absolute atomic E-state index is 11.3. The van der Waals surface area contributed by atoms with Crippen LogP contribution in [0.5, 0.6) is 5.75 Å². The first-order valence-electron chi connectivity index (χ1n) is 8.65. The van der Waals surface area contributed by atoms with Gasteiger partial charge in [0.1, 0.15) is 11.6 Å². The van der Waals surface area contributed by atoms with E-state index in [4.69, 9.17) is 9.47 Å². The molecule has 3 aromatic rings. The molecule has 0 saturated carbocycles. The standard InChI is InChI=1S/C19H18N4O4S/c1-12-4-3-5-16(6-12)22-13(2)20-21-19(22)28-10-15-8-17(23(24)25)7-14-9-26-11-27-18(14)15/h3-8H,9-11H2,1-2H3. The molecule has 0 N–H and O–H groups in total. The minimum absolute atomic E-state index is 0.0276. The fraction of sp³-hybridized carbons (Fsp3) is 0.263. The van der Waals surface area contributed by atoms with Gasteiger partial charge in [-0.3, -0.25) is 14.7 Å². The highest BCUT2D eigenvalue weighted by molar-refractivity contribution is 7.98. The van der Waals surface area contributed by atoms with Crippen LogP contribution in [0.15, 0.2) is 41.6 Å². The molecule has 4 rings (SSSR count). The number of benzene rings is 2. The topological polar surface area (TPSA) is 92.3 Å². The number of rotatable bonds is 5. The lowest BCUT2D eigenvalue weighted by molar-refractivity contribution is -0.385. The number of ether oxygens (including phenoxy) is 2. The van der Waals surface area contributed by atoms with Crippen LogP contribution in [-0.4, -0.2) is 26.5 Å². The van der Waals surface area contributed by atoms with E-state index in [-0.39, 0.29) is 12.5 Å². The highest BCUT2D eigenvalue weighted by atomic mass is 32.2. The maximum atomic E-state index is 11.3. The molecule has 0 unspecified atom stereocenters. The third-order valence-corrected chi connectivity index (χ3v) is 5.37. The van der Waals surface area contributed by atoms with E-state index in [2.05, 4.69) is 16.3 Å². The Morgan fingerprint density at radius 2 is 2.11 bits per heavy atom. The van der Waals surface area contributed by atoms with Gasteiger partial charge in [-0.1, -0.05) is 23.9 Å². The quantitative estimate of drug-likeness (QED) is 0.365. The first-order chi connectivity index (χ1) is 13.5. The first-order valence-corrected chi connectivity index (χ1v) is 9.64.